The molecule has 0 aliphatic carbocycles. The third-order valence-corrected chi connectivity index (χ3v) is 1.66. The summed E-state index contributed by atoms with van der Waals surface area (Å²) in [4.78, 5) is 10.9. The van der Waals surface area contributed by atoms with Crippen LogP contribution in [0.2, 0.25) is 0 Å². The van der Waals surface area contributed by atoms with E-state index in [4.69, 9.17) is 10.3 Å². The fraction of sp³-hybridized carbons (Fsp3) is 0. The quantitative estimate of drug-likeness (QED) is 0.678. The van der Waals surface area contributed by atoms with E-state index in [2.05, 4.69) is 5.16 Å². The minimum Gasteiger partial charge on any atom is -0.366 e. The molecule has 0 atom stereocenters. The van der Waals surface area contributed by atoms with Gasteiger partial charge in [0.25, 0.3) is 5.91 Å². The summed E-state index contributed by atoms with van der Waals surface area (Å²) < 4.78 is 4.70. The zero-order chi connectivity index (χ0) is 8.55. The van der Waals surface area contributed by atoms with Crippen LogP contribution in [0.1, 0.15) is 10.4 Å². The van der Waals surface area contributed by atoms with Gasteiger partial charge in [0, 0.05) is 5.39 Å². The molecule has 0 saturated heterocycles. The number of primary amides is 1. The summed E-state index contributed by atoms with van der Waals surface area (Å²) >= 11 is 0. The SMILES string of the molecule is NC(=O)c1cccc2conc12. The van der Waals surface area contributed by atoms with E-state index in [0.717, 1.165) is 5.39 Å². The van der Waals surface area contributed by atoms with Crippen molar-refractivity contribution in [3.8, 4) is 0 Å². The second-order valence-electron chi connectivity index (χ2n) is 2.42. The summed E-state index contributed by atoms with van der Waals surface area (Å²) in [6, 6.07) is 5.16. The van der Waals surface area contributed by atoms with E-state index in [9.17, 15) is 4.79 Å². The second-order valence-corrected chi connectivity index (χ2v) is 2.42. The average molecular weight is 162 g/mol. The van der Waals surface area contributed by atoms with Crippen LogP contribution in [0, 0.1) is 0 Å². The molecule has 1 aromatic carbocycles. The number of rotatable bonds is 1. The lowest BCUT2D eigenvalue weighted by atomic mass is 10.1. The molecule has 0 saturated carbocycles. The van der Waals surface area contributed by atoms with Crippen molar-refractivity contribution in [2.75, 3.05) is 0 Å². The maximum Gasteiger partial charge on any atom is 0.251 e. The van der Waals surface area contributed by atoms with E-state index in [1.165, 1.54) is 6.26 Å². The topological polar surface area (TPSA) is 69.1 Å². The van der Waals surface area contributed by atoms with E-state index in [1.807, 2.05) is 0 Å². The van der Waals surface area contributed by atoms with Crippen LogP contribution in [0.5, 0.6) is 0 Å². The summed E-state index contributed by atoms with van der Waals surface area (Å²) in [5.74, 6) is -0.491. The summed E-state index contributed by atoms with van der Waals surface area (Å²) in [6.45, 7) is 0. The lowest BCUT2D eigenvalue weighted by Crippen LogP contribution is -2.11. The van der Waals surface area contributed by atoms with Gasteiger partial charge in [0.2, 0.25) is 0 Å². The molecule has 2 aromatic rings. The Bertz CT molecular complexity index is 433. The maximum absolute atomic E-state index is 10.9. The Hall–Kier alpha value is -1.84. The van der Waals surface area contributed by atoms with Gasteiger partial charge in [-0.3, -0.25) is 4.79 Å². The highest BCUT2D eigenvalue weighted by atomic mass is 16.5. The van der Waals surface area contributed by atoms with Crippen LogP contribution >= 0.6 is 0 Å². The van der Waals surface area contributed by atoms with Gasteiger partial charge in [-0.25, -0.2) is 0 Å². The smallest absolute Gasteiger partial charge is 0.251 e. The molecular weight excluding hydrogens is 156 g/mol. The van der Waals surface area contributed by atoms with Gasteiger partial charge in [-0.2, -0.15) is 0 Å². The molecular formula is C8H6N2O2. The number of benzene rings is 1. The van der Waals surface area contributed by atoms with Crippen molar-refractivity contribution in [1.29, 1.82) is 0 Å². The first kappa shape index (κ1) is 6.84. The van der Waals surface area contributed by atoms with Gasteiger partial charge < -0.3 is 10.3 Å². The van der Waals surface area contributed by atoms with Gasteiger partial charge in [-0.05, 0) is 12.1 Å². The predicted octanol–water partition coefficient (Wildman–Crippen LogP) is 0.927. The van der Waals surface area contributed by atoms with Gasteiger partial charge in [0.15, 0.2) is 0 Å². The van der Waals surface area contributed by atoms with Crippen LogP contribution < -0.4 is 5.73 Å². The Morgan fingerprint density at radius 1 is 1.50 bits per heavy atom. The fourth-order valence-corrected chi connectivity index (χ4v) is 1.09. The number of amides is 1. The number of aromatic nitrogens is 1. The molecule has 4 heteroatoms. The van der Waals surface area contributed by atoms with Crippen LogP contribution in [0.3, 0.4) is 0 Å². The molecule has 2 N–H and O–H groups in total. The van der Waals surface area contributed by atoms with Gasteiger partial charge >= 0.3 is 0 Å². The zero-order valence-electron chi connectivity index (χ0n) is 6.15. The highest BCUT2D eigenvalue weighted by Gasteiger charge is 2.08. The number of hydrogen-bond acceptors (Lipinski definition) is 3. The normalized spacial score (nSPS) is 10.3. The number of hydrogen-bond donors (Lipinski definition) is 1. The van der Waals surface area contributed by atoms with E-state index in [1.54, 1.807) is 18.2 Å². The van der Waals surface area contributed by atoms with Gasteiger partial charge in [0.05, 0.1) is 5.56 Å². The first-order chi connectivity index (χ1) is 5.79. The molecule has 0 aliphatic heterocycles. The molecule has 0 spiro atoms. The van der Waals surface area contributed by atoms with Crippen molar-refractivity contribution in [2.24, 2.45) is 5.73 Å². The second kappa shape index (κ2) is 2.34. The summed E-state index contributed by atoms with van der Waals surface area (Å²) in [6.07, 6.45) is 1.47. The Kier molecular flexibility index (Phi) is 1.33. The molecule has 0 unspecified atom stereocenters. The van der Waals surface area contributed by atoms with E-state index in [0.29, 0.717) is 11.1 Å². The Morgan fingerprint density at radius 2 is 2.33 bits per heavy atom. The molecule has 1 aromatic heterocycles. The first-order valence-corrected chi connectivity index (χ1v) is 3.42. The van der Waals surface area contributed by atoms with Crippen molar-refractivity contribution in [1.82, 2.24) is 5.16 Å². The summed E-state index contributed by atoms with van der Waals surface area (Å²) in [5.41, 5.74) is 6.03. The van der Waals surface area contributed by atoms with E-state index in [-0.39, 0.29) is 0 Å². The van der Waals surface area contributed by atoms with Crippen LogP contribution in [0.15, 0.2) is 29.0 Å². The maximum atomic E-state index is 10.9. The third-order valence-electron chi connectivity index (χ3n) is 1.66. The standard InChI is InChI=1S/C8H6N2O2/c9-8(11)6-3-1-2-5-4-12-10-7(5)6/h1-4H,(H2,9,11). The third kappa shape index (κ3) is 0.852. The zero-order valence-corrected chi connectivity index (χ0v) is 6.15. The van der Waals surface area contributed by atoms with Crippen LogP contribution in [0.25, 0.3) is 10.9 Å². The highest BCUT2D eigenvalue weighted by molar-refractivity contribution is 6.04. The van der Waals surface area contributed by atoms with Crippen molar-refractivity contribution in [3.05, 3.63) is 30.0 Å². The minimum absolute atomic E-state index is 0.390. The lowest BCUT2D eigenvalue weighted by Gasteiger charge is -1.93. The Morgan fingerprint density at radius 3 is 3.08 bits per heavy atom. The molecule has 1 amide bonds. The van der Waals surface area contributed by atoms with Gasteiger partial charge in [-0.15, -0.1) is 0 Å². The highest BCUT2D eigenvalue weighted by Crippen LogP contribution is 2.15. The Balaban J connectivity index is 2.82. The fourth-order valence-electron chi connectivity index (χ4n) is 1.09. The van der Waals surface area contributed by atoms with Crippen LogP contribution in [0.4, 0.5) is 0 Å². The number of carbonyl (C=O) groups is 1. The van der Waals surface area contributed by atoms with Crippen molar-refractivity contribution < 1.29 is 9.32 Å². The van der Waals surface area contributed by atoms with Crippen molar-refractivity contribution in [3.63, 3.8) is 0 Å². The molecule has 0 bridgehead atoms. The van der Waals surface area contributed by atoms with E-state index < -0.39 is 5.91 Å². The lowest BCUT2D eigenvalue weighted by molar-refractivity contribution is 0.100. The van der Waals surface area contributed by atoms with Gasteiger partial charge in [0.1, 0.15) is 11.8 Å². The average Bonchev–Trinajstić information content (AvgIpc) is 2.49. The van der Waals surface area contributed by atoms with Crippen molar-refractivity contribution >= 4 is 16.8 Å². The minimum atomic E-state index is -0.491. The number of nitrogens with two attached hydrogens (primary N) is 1. The molecule has 12 heavy (non-hydrogen) atoms. The summed E-state index contributed by atoms with van der Waals surface area (Å²) in [7, 11) is 0. The van der Waals surface area contributed by atoms with Crippen LogP contribution in [-0.2, 0) is 0 Å². The number of carbonyl (C=O) groups excluding carboxylic acids is 1. The first-order valence-electron chi connectivity index (χ1n) is 3.42. The molecule has 2 rings (SSSR count). The monoisotopic (exact) mass is 162 g/mol. The number of fused-ring (bicyclic) bond motifs is 1. The van der Waals surface area contributed by atoms with Crippen molar-refractivity contribution in [2.45, 2.75) is 0 Å². The molecule has 1 heterocycles. The molecule has 0 fully saturated rings. The largest absolute Gasteiger partial charge is 0.366 e. The predicted molar refractivity (Wildman–Crippen MR) is 42.5 cm³/mol. The van der Waals surface area contributed by atoms with Crippen LogP contribution in [-0.4, -0.2) is 11.1 Å². The number of nitrogens with zero attached hydrogens (tertiary/aromatic N) is 1. The molecule has 60 valence electrons. The van der Waals surface area contributed by atoms with Gasteiger partial charge in [-0.1, -0.05) is 11.2 Å². The molecule has 0 radical (unpaired) electrons. The Labute approximate surface area is 67.9 Å². The molecule has 4 nitrogen and oxygen atoms in total. The van der Waals surface area contributed by atoms with E-state index >= 15 is 0 Å². The summed E-state index contributed by atoms with van der Waals surface area (Å²) in [5, 5.41) is 4.45. The molecule has 0 aliphatic rings.